The highest BCUT2D eigenvalue weighted by Crippen LogP contribution is 2.33. The molecule has 1 amide bonds. The van der Waals surface area contributed by atoms with Gasteiger partial charge in [-0.3, -0.25) is 0 Å². The van der Waals surface area contributed by atoms with Crippen LogP contribution in [0.5, 0.6) is 0 Å². The summed E-state index contributed by atoms with van der Waals surface area (Å²) in [5.41, 5.74) is 1.94. The highest BCUT2D eigenvalue weighted by atomic mass is 16.6. The van der Waals surface area contributed by atoms with E-state index in [1.165, 1.54) is 11.1 Å². The van der Waals surface area contributed by atoms with E-state index in [1.54, 1.807) is 0 Å². The van der Waals surface area contributed by atoms with E-state index in [4.69, 9.17) is 4.74 Å². The number of nitrogens with zero attached hydrogens (tertiary/aromatic N) is 1. The molecule has 0 saturated carbocycles. The zero-order valence-corrected chi connectivity index (χ0v) is 20.1. The van der Waals surface area contributed by atoms with Gasteiger partial charge in [0.1, 0.15) is 5.60 Å². The minimum atomic E-state index is -0.504. The van der Waals surface area contributed by atoms with Gasteiger partial charge in [-0.2, -0.15) is 0 Å². The average molecular weight is 412 g/mol. The minimum Gasteiger partial charge on any atom is -0.444 e. The fraction of sp³-hybridized carbons (Fsp3) is 0.519. The first-order valence-electron chi connectivity index (χ1n) is 11.4. The lowest BCUT2D eigenvalue weighted by Gasteiger charge is -2.38. The predicted octanol–water partition coefficient (Wildman–Crippen LogP) is 7.25. The molecule has 2 aromatic carbocycles. The van der Waals surface area contributed by atoms with E-state index in [2.05, 4.69) is 50.2 Å². The first kappa shape index (κ1) is 25.7. The molecular weight excluding hydrogens is 370 g/mol. The summed E-state index contributed by atoms with van der Waals surface area (Å²) in [7, 11) is 0. The van der Waals surface area contributed by atoms with Crippen LogP contribution in [0.25, 0.3) is 0 Å². The Morgan fingerprint density at radius 2 is 1.37 bits per heavy atom. The molecule has 0 aliphatic carbocycles. The number of ether oxygens (including phenoxy) is 1. The lowest BCUT2D eigenvalue weighted by Crippen LogP contribution is -2.46. The van der Waals surface area contributed by atoms with Crippen molar-refractivity contribution < 1.29 is 9.53 Å². The topological polar surface area (TPSA) is 29.5 Å². The molecule has 0 heterocycles. The molecule has 0 radical (unpaired) electrons. The van der Waals surface area contributed by atoms with Crippen molar-refractivity contribution in [2.24, 2.45) is 0 Å². The largest absolute Gasteiger partial charge is 0.444 e. The maximum absolute atomic E-state index is 13.0. The van der Waals surface area contributed by atoms with Crippen LogP contribution >= 0.6 is 0 Å². The molecule has 3 nitrogen and oxygen atoms in total. The fourth-order valence-corrected chi connectivity index (χ4v) is 3.60. The lowest BCUT2D eigenvalue weighted by molar-refractivity contribution is 0.0200. The Labute approximate surface area is 184 Å². The quantitative estimate of drug-likeness (QED) is 0.458. The molecular formula is C27H41NO2. The Bertz CT molecular complexity index is 716. The van der Waals surface area contributed by atoms with Gasteiger partial charge in [-0.05, 0) is 51.2 Å². The van der Waals surface area contributed by atoms with Crippen molar-refractivity contribution in [3.63, 3.8) is 0 Å². The highest BCUT2D eigenvalue weighted by molar-refractivity contribution is 5.68. The van der Waals surface area contributed by atoms with Crippen LogP contribution in [0.2, 0.25) is 0 Å². The van der Waals surface area contributed by atoms with Crippen LogP contribution in [0.1, 0.15) is 72.4 Å². The van der Waals surface area contributed by atoms with Crippen LogP contribution in [-0.4, -0.2) is 29.7 Å². The van der Waals surface area contributed by atoms with Gasteiger partial charge in [0.2, 0.25) is 0 Å². The summed E-state index contributed by atoms with van der Waals surface area (Å²) in [6, 6.07) is 20.9. The SMILES string of the molecule is CC.CCC(CC)(CN(CCc1ccccc1)C(=O)OC(C)(C)C)c1ccccc1. The van der Waals surface area contributed by atoms with Crippen molar-refractivity contribution in [1.82, 2.24) is 4.90 Å². The van der Waals surface area contributed by atoms with Crippen LogP contribution in [0.15, 0.2) is 60.7 Å². The van der Waals surface area contributed by atoms with Gasteiger partial charge in [-0.25, -0.2) is 4.79 Å². The average Bonchev–Trinajstić information content (AvgIpc) is 2.76. The van der Waals surface area contributed by atoms with E-state index in [1.807, 2.05) is 63.8 Å². The molecule has 0 aliphatic heterocycles. The lowest BCUT2D eigenvalue weighted by atomic mass is 9.75. The second-order valence-corrected chi connectivity index (χ2v) is 8.49. The van der Waals surface area contributed by atoms with Crippen molar-refractivity contribution in [1.29, 1.82) is 0 Å². The van der Waals surface area contributed by atoms with Crippen LogP contribution in [0.3, 0.4) is 0 Å². The molecule has 0 spiro atoms. The monoisotopic (exact) mass is 411 g/mol. The Balaban J connectivity index is 0.00000218. The smallest absolute Gasteiger partial charge is 0.410 e. The molecule has 0 saturated heterocycles. The van der Waals surface area contributed by atoms with E-state index in [0.717, 1.165) is 19.3 Å². The number of hydrogen-bond donors (Lipinski definition) is 0. The molecule has 2 rings (SSSR count). The van der Waals surface area contributed by atoms with Gasteiger partial charge in [0.05, 0.1) is 0 Å². The summed E-state index contributed by atoms with van der Waals surface area (Å²) >= 11 is 0. The zero-order chi connectivity index (χ0) is 22.6. The number of rotatable bonds is 8. The third kappa shape index (κ3) is 7.85. The number of amides is 1. The van der Waals surface area contributed by atoms with Gasteiger partial charge < -0.3 is 9.64 Å². The van der Waals surface area contributed by atoms with Crippen LogP contribution in [0, 0.1) is 0 Å². The molecule has 3 heteroatoms. The molecule has 30 heavy (non-hydrogen) atoms. The Kier molecular flexibility index (Phi) is 10.7. The van der Waals surface area contributed by atoms with Crippen LogP contribution in [0.4, 0.5) is 4.79 Å². The summed E-state index contributed by atoms with van der Waals surface area (Å²) < 4.78 is 5.75. The van der Waals surface area contributed by atoms with Gasteiger partial charge in [0, 0.05) is 18.5 Å². The van der Waals surface area contributed by atoms with Crippen molar-refractivity contribution >= 4 is 6.09 Å². The first-order chi connectivity index (χ1) is 14.3. The molecule has 166 valence electrons. The summed E-state index contributed by atoms with van der Waals surface area (Å²) in [6.45, 7) is 15.5. The molecule has 2 aromatic rings. The van der Waals surface area contributed by atoms with Gasteiger partial charge in [-0.1, -0.05) is 88.4 Å². The first-order valence-corrected chi connectivity index (χ1v) is 11.4. The number of carbonyl (C=O) groups is 1. The summed E-state index contributed by atoms with van der Waals surface area (Å²) in [4.78, 5) is 14.9. The second kappa shape index (κ2) is 12.4. The van der Waals surface area contributed by atoms with Crippen LogP contribution < -0.4 is 0 Å². The fourth-order valence-electron chi connectivity index (χ4n) is 3.60. The third-order valence-corrected chi connectivity index (χ3v) is 5.40. The zero-order valence-electron chi connectivity index (χ0n) is 20.1. The molecule has 0 N–H and O–H groups in total. The number of benzene rings is 2. The van der Waals surface area contributed by atoms with Gasteiger partial charge in [0.25, 0.3) is 0 Å². The van der Waals surface area contributed by atoms with Crippen molar-refractivity contribution in [2.75, 3.05) is 13.1 Å². The van der Waals surface area contributed by atoms with Crippen molar-refractivity contribution in [2.45, 2.75) is 78.7 Å². The summed E-state index contributed by atoms with van der Waals surface area (Å²) in [6.07, 6.45) is 2.53. The predicted molar refractivity (Wildman–Crippen MR) is 128 cm³/mol. The maximum atomic E-state index is 13.0. The van der Waals surface area contributed by atoms with Crippen molar-refractivity contribution in [3.8, 4) is 0 Å². The van der Waals surface area contributed by atoms with Gasteiger partial charge >= 0.3 is 6.09 Å². The molecule has 0 atom stereocenters. The van der Waals surface area contributed by atoms with Gasteiger partial charge in [0.15, 0.2) is 0 Å². The second-order valence-electron chi connectivity index (χ2n) is 8.49. The van der Waals surface area contributed by atoms with E-state index in [-0.39, 0.29) is 11.5 Å². The highest BCUT2D eigenvalue weighted by Gasteiger charge is 2.34. The number of hydrogen-bond acceptors (Lipinski definition) is 2. The van der Waals surface area contributed by atoms with Gasteiger partial charge in [-0.15, -0.1) is 0 Å². The normalized spacial score (nSPS) is 11.3. The third-order valence-electron chi connectivity index (χ3n) is 5.40. The summed E-state index contributed by atoms with van der Waals surface area (Å²) in [5, 5.41) is 0. The van der Waals surface area contributed by atoms with Crippen LogP contribution in [-0.2, 0) is 16.6 Å². The Morgan fingerprint density at radius 1 is 0.867 bits per heavy atom. The molecule has 0 unspecified atom stereocenters. The molecule has 0 aliphatic rings. The Hall–Kier alpha value is -2.29. The molecule has 0 bridgehead atoms. The Morgan fingerprint density at radius 3 is 1.83 bits per heavy atom. The van der Waals surface area contributed by atoms with Crippen molar-refractivity contribution in [3.05, 3.63) is 71.8 Å². The minimum absolute atomic E-state index is 0.0746. The molecule has 0 fully saturated rings. The number of carbonyl (C=O) groups excluding carboxylic acids is 1. The van der Waals surface area contributed by atoms with E-state index >= 15 is 0 Å². The summed E-state index contributed by atoms with van der Waals surface area (Å²) in [5.74, 6) is 0. The molecule has 0 aromatic heterocycles. The van der Waals surface area contributed by atoms with E-state index in [9.17, 15) is 4.79 Å². The van der Waals surface area contributed by atoms with E-state index in [0.29, 0.717) is 13.1 Å². The van der Waals surface area contributed by atoms with E-state index < -0.39 is 5.60 Å². The standard InChI is InChI=1S/C25H35NO2.C2H6/c1-6-25(7-2,22-16-12-9-13-17-22)20-26(23(27)28-24(3,4)5)19-18-21-14-10-8-11-15-21;1-2/h8-17H,6-7,18-20H2,1-5H3;1-2H3. The maximum Gasteiger partial charge on any atom is 0.410 e.